The topological polar surface area (TPSA) is 63.2 Å². The van der Waals surface area contributed by atoms with Gasteiger partial charge in [-0.25, -0.2) is 17.6 Å². The third-order valence-electron chi connectivity index (χ3n) is 6.24. The highest BCUT2D eigenvalue weighted by molar-refractivity contribution is 6.53. The largest absolute Gasteiger partial charge is 0.326 e. The molecular formula is C27H17Cl4F4NO3. The summed E-state index contributed by atoms with van der Waals surface area (Å²) in [5.74, 6) is -8.92. The van der Waals surface area contributed by atoms with Crippen LogP contribution in [0.3, 0.4) is 0 Å². The van der Waals surface area contributed by atoms with Gasteiger partial charge in [0.1, 0.15) is 21.8 Å². The van der Waals surface area contributed by atoms with Crippen LogP contribution in [0.5, 0.6) is 0 Å². The fraction of sp³-hybridized carbons (Fsp3) is 0.222. The quantitative estimate of drug-likeness (QED) is 0.160. The molecule has 39 heavy (non-hydrogen) atoms. The number of rotatable bonds is 8. The standard InChI is InChI=1S/C27H17Cl4F4NO3/c1-11(37)4-13-5-14(20(33)10-19(13)32)7-22(38)16-8-15(9-21(34)25(16)35)36-26(39)24-23(27(24,30)31)12-2-3-17(28)18(29)6-12/h2-3,5-6,8-10,23-24H,4,7H2,1H3,(H,36,39)/t23-,24+/m0/s1. The first-order valence-corrected chi connectivity index (χ1v) is 12.8. The number of Topliss-reactive ketones (excluding diaryl/α,β-unsaturated/α-hetero) is 2. The normalized spacial score (nSPS) is 17.6. The smallest absolute Gasteiger partial charge is 0.231 e. The van der Waals surface area contributed by atoms with Crippen LogP contribution < -0.4 is 5.32 Å². The van der Waals surface area contributed by atoms with E-state index in [1.54, 1.807) is 6.07 Å². The monoisotopic (exact) mass is 619 g/mol. The molecule has 2 atom stereocenters. The molecule has 0 bridgehead atoms. The summed E-state index contributed by atoms with van der Waals surface area (Å²) in [6.07, 6.45) is -1.11. The summed E-state index contributed by atoms with van der Waals surface area (Å²) in [4.78, 5) is 37.1. The minimum Gasteiger partial charge on any atom is -0.326 e. The molecule has 1 saturated carbocycles. The van der Waals surface area contributed by atoms with Crippen LogP contribution in [0.1, 0.15) is 39.9 Å². The highest BCUT2D eigenvalue weighted by atomic mass is 35.5. The second kappa shape index (κ2) is 11.1. The van der Waals surface area contributed by atoms with Crippen LogP contribution in [0.4, 0.5) is 23.2 Å². The summed E-state index contributed by atoms with van der Waals surface area (Å²) in [5, 5.41) is 2.88. The summed E-state index contributed by atoms with van der Waals surface area (Å²) < 4.78 is 55.7. The molecule has 0 heterocycles. The van der Waals surface area contributed by atoms with Crippen molar-refractivity contribution in [1.82, 2.24) is 0 Å². The van der Waals surface area contributed by atoms with E-state index in [4.69, 9.17) is 46.4 Å². The molecule has 4 nitrogen and oxygen atoms in total. The Hall–Kier alpha value is -2.65. The van der Waals surface area contributed by atoms with E-state index in [0.29, 0.717) is 17.7 Å². The van der Waals surface area contributed by atoms with E-state index in [-0.39, 0.29) is 33.3 Å². The molecule has 0 unspecified atom stereocenters. The van der Waals surface area contributed by atoms with Gasteiger partial charge >= 0.3 is 0 Å². The third-order valence-corrected chi connectivity index (χ3v) is 7.92. The molecule has 4 rings (SSSR count). The Kier molecular flexibility index (Phi) is 8.34. The Morgan fingerprint density at radius 2 is 1.49 bits per heavy atom. The van der Waals surface area contributed by atoms with Gasteiger partial charge < -0.3 is 5.32 Å². The van der Waals surface area contributed by atoms with Crippen LogP contribution in [-0.2, 0) is 22.4 Å². The third kappa shape index (κ3) is 6.09. The number of hydrogen-bond acceptors (Lipinski definition) is 3. The predicted molar refractivity (Wildman–Crippen MR) is 141 cm³/mol. The molecule has 1 aliphatic rings. The highest BCUT2D eigenvalue weighted by Crippen LogP contribution is 2.65. The van der Waals surface area contributed by atoms with Gasteiger partial charge in [-0.05, 0) is 47.9 Å². The van der Waals surface area contributed by atoms with Crippen molar-refractivity contribution < 1.29 is 31.9 Å². The van der Waals surface area contributed by atoms with E-state index in [2.05, 4.69) is 5.32 Å². The second-order valence-corrected chi connectivity index (χ2v) is 11.4. The van der Waals surface area contributed by atoms with E-state index in [1.807, 2.05) is 0 Å². The average molecular weight is 621 g/mol. The first-order valence-electron chi connectivity index (χ1n) is 11.3. The van der Waals surface area contributed by atoms with Gasteiger partial charge in [-0.1, -0.05) is 29.3 Å². The van der Waals surface area contributed by atoms with Crippen molar-refractivity contribution in [3.8, 4) is 0 Å². The molecule has 0 saturated heterocycles. The Bertz CT molecular complexity index is 1530. The average Bonchev–Trinajstić information content (AvgIpc) is 3.42. The minimum atomic E-state index is -1.53. The summed E-state index contributed by atoms with van der Waals surface area (Å²) >= 11 is 24.6. The molecule has 0 aromatic heterocycles. The van der Waals surface area contributed by atoms with Crippen LogP contribution in [0.15, 0.2) is 42.5 Å². The van der Waals surface area contributed by atoms with Crippen molar-refractivity contribution in [1.29, 1.82) is 0 Å². The lowest BCUT2D eigenvalue weighted by Crippen LogP contribution is -2.18. The molecule has 1 N–H and O–H groups in total. The predicted octanol–water partition coefficient (Wildman–Crippen LogP) is 7.63. The van der Waals surface area contributed by atoms with Crippen LogP contribution in [0, 0.1) is 29.2 Å². The number of carbonyl (C=O) groups is 3. The van der Waals surface area contributed by atoms with E-state index >= 15 is 0 Å². The molecule has 1 fully saturated rings. The van der Waals surface area contributed by atoms with E-state index in [1.165, 1.54) is 19.1 Å². The molecule has 12 heteroatoms. The Balaban J connectivity index is 1.56. The van der Waals surface area contributed by atoms with E-state index in [0.717, 1.165) is 12.1 Å². The SMILES string of the molecule is CC(=O)Cc1cc(CC(=O)c2cc(NC(=O)[C@H]3[C@H](c4ccc(Cl)c(Cl)c4)C3(Cl)Cl)cc(F)c2F)c(F)cc1F. The summed E-state index contributed by atoms with van der Waals surface area (Å²) in [5.41, 5.74) is -0.986. The second-order valence-electron chi connectivity index (χ2n) is 9.13. The number of amides is 1. The van der Waals surface area contributed by atoms with Gasteiger partial charge in [0.25, 0.3) is 0 Å². The number of benzene rings is 3. The Labute approximate surface area is 240 Å². The van der Waals surface area contributed by atoms with Crippen molar-refractivity contribution in [3.05, 3.63) is 98.0 Å². The van der Waals surface area contributed by atoms with Crippen LogP contribution >= 0.6 is 46.4 Å². The zero-order valence-electron chi connectivity index (χ0n) is 19.9. The zero-order valence-corrected chi connectivity index (χ0v) is 22.9. The fourth-order valence-electron chi connectivity index (χ4n) is 4.31. The molecule has 204 valence electrons. The van der Waals surface area contributed by atoms with Crippen LogP contribution in [0.2, 0.25) is 10.0 Å². The van der Waals surface area contributed by atoms with Crippen molar-refractivity contribution in [2.75, 3.05) is 5.32 Å². The molecule has 0 spiro atoms. The highest BCUT2D eigenvalue weighted by Gasteiger charge is 2.67. The molecule has 3 aromatic rings. The lowest BCUT2D eigenvalue weighted by molar-refractivity contribution is -0.117. The molecule has 1 aliphatic carbocycles. The number of nitrogens with one attached hydrogen (secondary N) is 1. The number of carbonyl (C=O) groups excluding carboxylic acids is 3. The van der Waals surface area contributed by atoms with Gasteiger partial charge in [0, 0.05) is 36.6 Å². The van der Waals surface area contributed by atoms with Crippen LogP contribution in [0.25, 0.3) is 0 Å². The summed E-state index contributed by atoms with van der Waals surface area (Å²) in [7, 11) is 0. The van der Waals surface area contributed by atoms with Crippen molar-refractivity contribution in [3.63, 3.8) is 0 Å². The van der Waals surface area contributed by atoms with Gasteiger partial charge in [-0.15, -0.1) is 23.2 Å². The molecule has 0 radical (unpaired) electrons. The number of ketones is 2. The van der Waals surface area contributed by atoms with Crippen molar-refractivity contribution in [2.45, 2.75) is 30.0 Å². The minimum absolute atomic E-state index is 0.147. The molecule has 0 aliphatic heterocycles. The number of hydrogen-bond donors (Lipinski definition) is 1. The van der Waals surface area contributed by atoms with Crippen molar-refractivity contribution in [2.24, 2.45) is 5.92 Å². The fourth-order valence-corrected chi connectivity index (χ4v) is 5.44. The lowest BCUT2D eigenvalue weighted by atomic mass is 9.98. The number of halogens is 8. The maximum Gasteiger partial charge on any atom is 0.231 e. The van der Waals surface area contributed by atoms with Gasteiger partial charge in [0.15, 0.2) is 17.4 Å². The zero-order chi connectivity index (χ0) is 28.8. The number of alkyl halides is 2. The van der Waals surface area contributed by atoms with Gasteiger partial charge in [-0.2, -0.15) is 0 Å². The maximum absolute atomic E-state index is 14.6. The summed E-state index contributed by atoms with van der Waals surface area (Å²) in [6.45, 7) is 1.21. The number of anilines is 1. The summed E-state index contributed by atoms with van der Waals surface area (Å²) in [6, 6.07) is 7.66. The molecule has 1 amide bonds. The van der Waals surface area contributed by atoms with Crippen LogP contribution in [-0.4, -0.2) is 21.8 Å². The molecule has 3 aromatic carbocycles. The van der Waals surface area contributed by atoms with Gasteiger partial charge in [0.2, 0.25) is 5.91 Å². The lowest BCUT2D eigenvalue weighted by Gasteiger charge is -2.11. The Morgan fingerprint density at radius 1 is 0.846 bits per heavy atom. The van der Waals surface area contributed by atoms with E-state index in [9.17, 15) is 31.9 Å². The van der Waals surface area contributed by atoms with Gasteiger partial charge in [0.05, 0.1) is 21.5 Å². The van der Waals surface area contributed by atoms with E-state index < -0.39 is 68.9 Å². The maximum atomic E-state index is 14.6. The molecular weight excluding hydrogens is 604 g/mol. The van der Waals surface area contributed by atoms with Crippen molar-refractivity contribution >= 4 is 69.6 Å². The Morgan fingerprint density at radius 3 is 2.10 bits per heavy atom. The van der Waals surface area contributed by atoms with Gasteiger partial charge in [-0.3, -0.25) is 14.4 Å². The first-order chi connectivity index (χ1) is 18.2. The first kappa shape index (κ1) is 29.3.